The van der Waals surface area contributed by atoms with E-state index in [9.17, 15) is 28.4 Å². The summed E-state index contributed by atoms with van der Waals surface area (Å²) in [6.07, 6.45) is -4.95. The summed E-state index contributed by atoms with van der Waals surface area (Å²) >= 11 is 0. The Morgan fingerprint density at radius 2 is 1.53 bits per heavy atom. The van der Waals surface area contributed by atoms with E-state index in [0.717, 1.165) is 0 Å². The van der Waals surface area contributed by atoms with Gasteiger partial charge in [0.05, 0.1) is 5.56 Å². The van der Waals surface area contributed by atoms with E-state index in [2.05, 4.69) is 0 Å². The Bertz CT molecular complexity index is 474. The minimum absolute atomic E-state index is 0.162. The molecule has 0 heterocycles. The molecule has 1 rings (SSSR count). The summed E-state index contributed by atoms with van der Waals surface area (Å²) in [6.45, 7) is 0. The van der Waals surface area contributed by atoms with Crippen LogP contribution < -0.4 is 16.2 Å². The van der Waals surface area contributed by atoms with Crippen molar-refractivity contribution in [1.29, 1.82) is 0 Å². The predicted molar refractivity (Wildman–Crippen MR) is 51.5 cm³/mol. The number of alkyl halides is 3. The molecule has 6 N–H and O–H groups in total. The van der Waals surface area contributed by atoms with Gasteiger partial charge in [-0.25, -0.2) is 10.4 Å². The van der Waals surface area contributed by atoms with Crippen molar-refractivity contribution in [3.05, 3.63) is 33.7 Å². The number of halogens is 3. The number of primary amides is 1. The van der Waals surface area contributed by atoms with Crippen LogP contribution in [-0.4, -0.2) is 16.3 Å². The zero-order chi connectivity index (χ0) is 15.0. The molecule has 8 nitrogen and oxygen atoms in total. The van der Waals surface area contributed by atoms with Gasteiger partial charge in [-0.15, -0.1) is 0 Å². The van der Waals surface area contributed by atoms with Crippen molar-refractivity contribution in [2.24, 2.45) is 5.73 Å². The zero-order valence-electron chi connectivity index (χ0n) is 8.99. The molecular formula is C8H8F3N3O5. The van der Waals surface area contributed by atoms with Gasteiger partial charge in [0, 0.05) is 12.1 Å². The van der Waals surface area contributed by atoms with Crippen LogP contribution in [-0.2, 0) is 6.18 Å². The molecule has 0 spiro atoms. The molecule has 0 aliphatic carbocycles. The third kappa shape index (κ3) is 3.17. The van der Waals surface area contributed by atoms with Crippen LogP contribution in [0.1, 0.15) is 15.9 Å². The molecule has 0 aromatic heterocycles. The molecule has 1 amide bonds. The second kappa shape index (κ2) is 5.08. The smallest absolute Gasteiger partial charge is 0.416 e. The molecule has 0 bridgehead atoms. The third-order valence-corrected chi connectivity index (χ3v) is 2.17. The van der Waals surface area contributed by atoms with Crippen molar-refractivity contribution in [3.8, 4) is 0 Å². The van der Waals surface area contributed by atoms with Gasteiger partial charge in [-0.1, -0.05) is 0 Å². The Hall–Kier alpha value is -1.76. The fourth-order valence-corrected chi connectivity index (χ4v) is 1.41. The van der Waals surface area contributed by atoms with E-state index in [0.29, 0.717) is 0 Å². The van der Waals surface area contributed by atoms with Gasteiger partial charge in [-0.05, 0) is 0 Å². The first-order valence-electron chi connectivity index (χ1n) is 4.57. The van der Waals surface area contributed by atoms with E-state index >= 15 is 0 Å². The van der Waals surface area contributed by atoms with Gasteiger partial charge >= 0.3 is 6.18 Å². The van der Waals surface area contributed by atoms with Crippen LogP contribution in [0.4, 0.5) is 24.5 Å². The fraction of sp³-hybridized carbons (Fsp3) is 0.125. The average molecular weight is 283 g/mol. The lowest BCUT2D eigenvalue weighted by atomic mass is 10.1. The number of carbonyl (C=O) groups is 1. The molecule has 1 aromatic carbocycles. The Labute approximate surface area is 103 Å². The molecule has 11 heteroatoms. The van der Waals surface area contributed by atoms with Crippen LogP contribution in [0, 0.1) is 10.4 Å². The summed E-state index contributed by atoms with van der Waals surface area (Å²) in [6, 6.07) is 0.323. The van der Waals surface area contributed by atoms with Crippen molar-refractivity contribution in [2.75, 3.05) is 0 Å². The minimum Gasteiger partial charge on any atom is -0.595 e. The highest BCUT2D eigenvalue weighted by Crippen LogP contribution is 2.33. The molecule has 1 aromatic rings. The van der Waals surface area contributed by atoms with Crippen molar-refractivity contribution >= 4 is 17.3 Å². The number of benzene rings is 1. The molecule has 0 saturated carbocycles. The number of hydrogen-bond acceptors (Lipinski definition) is 5. The lowest BCUT2D eigenvalue weighted by Gasteiger charge is -2.21. The van der Waals surface area contributed by atoms with Gasteiger partial charge in [-0.3, -0.25) is 4.79 Å². The van der Waals surface area contributed by atoms with Crippen LogP contribution >= 0.6 is 0 Å². The molecule has 19 heavy (non-hydrogen) atoms. The van der Waals surface area contributed by atoms with Gasteiger partial charge in [0.15, 0.2) is 16.9 Å². The van der Waals surface area contributed by atoms with Crippen LogP contribution in [0.15, 0.2) is 12.1 Å². The molecular weight excluding hydrogens is 275 g/mol. The van der Waals surface area contributed by atoms with Gasteiger partial charge in [0.2, 0.25) is 0 Å². The summed E-state index contributed by atoms with van der Waals surface area (Å²) in [4.78, 5) is 11.0. The first-order valence-corrected chi connectivity index (χ1v) is 4.57. The summed E-state index contributed by atoms with van der Waals surface area (Å²) in [7, 11) is 0. The number of nitrogens with one attached hydrogen (secondary N) is 2. The number of quaternary nitrogens is 2. The molecule has 0 aliphatic heterocycles. The van der Waals surface area contributed by atoms with Crippen molar-refractivity contribution in [2.45, 2.75) is 6.18 Å². The van der Waals surface area contributed by atoms with E-state index in [-0.39, 0.29) is 12.1 Å². The Morgan fingerprint density at radius 1 is 1.16 bits per heavy atom. The maximum Gasteiger partial charge on any atom is 0.416 e. The summed E-state index contributed by atoms with van der Waals surface area (Å²) in [5, 5.41) is 35.3. The minimum atomic E-state index is -4.95. The Kier molecular flexibility index (Phi) is 4.09. The van der Waals surface area contributed by atoms with Crippen molar-refractivity contribution < 1.29 is 38.8 Å². The molecule has 106 valence electrons. The standard InChI is InChI=1S/C8H8F3N3O5/c9-8(10,11)3-1-4(13(16)17)6(7(12)15)5(2-3)14(18)19/h1-2,13-14,16,18H,(H2,12,15). The molecule has 2 atom stereocenters. The summed E-state index contributed by atoms with van der Waals surface area (Å²) < 4.78 is 37.5. The van der Waals surface area contributed by atoms with Crippen LogP contribution in [0.5, 0.6) is 0 Å². The van der Waals surface area contributed by atoms with Gasteiger partial charge in [-0.2, -0.15) is 23.6 Å². The molecule has 0 saturated heterocycles. The number of hydrogen-bond donors (Lipinski definition) is 5. The molecule has 2 unspecified atom stereocenters. The Balaban J connectivity index is 3.68. The predicted octanol–water partition coefficient (Wildman–Crippen LogP) is -1.39. The highest BCUT2D eigenvalue weighted by Gasteiger charge is 2.36. The monoisotopic (exact) mass is 283 g/mol. The highest BCUT2D eigenvalue weighted by molar-refractivity contribution is 6.01. The average Bonchev–Trinajstić information content (AvgIpc) is 2.25. The molecule has 0 radical (unpaired) electrons. The van der Waals surface area contributed by atoms with Gasteiger partial charge < -0.3 is 16.1 Å². The second-order valence-electron chi connectivity index (χ2n) is 3.42. The molecule has 0 aliphatic rings. The summed E-state index contributed by atoms with van der Waals surface area (Å²) in [5.41, 5.74) is 0.109. The highest BCUT2D eigenvalue weighted by atomic mass is 19.4. The Morgan fingerprint density at radius 3 is 1.74 bits per heavy atom. The third-order valence-electron chi connectivity index (χ3n) is 2.17. The maximum absolute atomic E-state index is 12.5. The fourth-order valence-electron chi connectivity index (χ4n) is 1.41. The quantitative estimate of drug-likeness (QED) is 0.435. The molecule has 0 fully saturated rings. The summed E-state index contributed by atoms with van der Waals surface area (Å²) in [5.74, 6) is -1.44. The van der Waals surface area contributed by atoms with E-state index in [1.165, 1.54) is 0 Å². The van der Waals surface area contributed by atoms with Crippen molar-refractivity contribution in [3.63, 3.8) is 0 Å². The van der Waals surface area contributed by atoms with E-state index < -0.39 is 45.0 Å². The van der Waals surface area contributed by atoms with E-state index in [1.807, 2.05) is 0 Å². The first-order chi connectivity index (χ1) is 8.55. The largest absolute Gasteiger partial charge is 0.595 e. The zero-order valence-corrected chi connectivity index (χ0v) is 8.99. The number of nitrogens with two attached hydrogens (primary N) is 1. The number of rotatable bonds is 3. The normalized spacial score (nSPS) is 15.1. The lowest BCUT2D eigenvalue weighted by molar-refractivity contribution is -0.996. The second-order valence-corrected chi connectivity index (χ2v) is 3.42. The van der Waals surface area contributed by atoms with E-state index in [4.69, 9.17) is 16.1 Å². The number of carbonyl (C=O) groups excluding carboxylic acids is 1. The first kappa shape index (κ1) is 15.3. The lowest BCUT2D eigenvalue weighted by Crippen LogP contribution is -3.01. The number of amides is 1. The van der Waals surface area contributed by atoms with Crippen LogP contribution in [0.2, 0.25) is 0 Å². The van der Waals surface area contributed by atoms with Gasteiger partial charge in [0.1, 0.15) is 0 Å². The van der Waals surface area contributed by atoms with Crippen molar-refractivity contribution in [1.82, 2.24) is 0 Å². The van der Waals surface area contributed by atoms with Crippen LogP contribution in [0.3, 0.4) is 0 Å². The van der Waals surface area contributed by atoms with Crippen LogP contribution in [0.25, 0.3) is 0 Å². The maximum atomic E-state index is 12.5. The van der Waals surface area contributed by atoms with E-state index in [1.54, 1.807) is 0 Å². The SMILES string of the molecule is NC(=O)c1c([NH+]([O-])O)cc(C(F)(F)F)cc1[NH+]([O-])O. The topological polar surface area (TPSA) is 139 Å². The van der Waals surface area contributed by atoms with Gasteiger partial charge in [0.25, 0.3) is 5.91 Å².